The van der Waals surface area contributed by atoms with E-state index in [2.05, 4.69) is 30.7 Å². The molecule has 1 heterocycles. The lowest BCUT2D eigenvalue weighted by atomic mass is 9.86. The fourth-order valence-corrected chi connectivity index (χ4v) is 4.50. The van der Waals surface area contributed by atoms with Gasteiger partial charge in [0, 0.05) is 25.0 Å². The molecule has 0 spiro atoms. The molecule has 1 aliphatic rings. The summed E-state index contributed by atoms with van der Waals surface area (Å²) in [4.78, 5) is 9.22. The number of fused-ring (bicyclic) bond motifs is 1. The van der Waals surface area contributed by atoms with E-state index in [9.17, 15) is 13.2 Å². The zero-order valence-corrected chi connectivity index (χ0v) is 19.2. The number of anilines is 2. The third-order valence-corrected chi connectivity index (χ3v) is 6.26. The Balaban J connectivity index is 1.22. The number of aromatic nitrogens is 2. The summed E-state index contributed by atoms with van der Waals surface area (Å²) in [6, 6.07) is 14.6. The third-order valence-electron chi connectivity index (χ3n) is 6.26. The van der Waals surface area contributed by atoms with Crippen LogP contribution in [0.15, 0.2) is 48.5 Å². The number of para-hydroxylation sites is 2. The predicted molar refractivity (Wildman–Crippen MR) is 128 cm³/mol. The van der Waals surface area contributed by atoms with Crippen molar-refractivity contribution in [3.05, 3.63) is 54.1 Å². The lowest BCUT2D eigenvalue weighted by Crippen LogP contribution is -2.35. The summed E-state index contributed by atoms with van der Waals surface area (Å²) >= 11 is 0. The molecule has 9 heteroatoms. The first-order chi connectivity index (χ1) is 16.4. The summed E-state index contributed by atoms with van der Waals surface area (Å²) in [6.45, 7) is 1.43. The van der Waals surface area contributed by atoms with Crippen LogP contribution >= 0.6 is 0 Å². The lowest BCUT2D eigenvalue weighted by Gasteiger charge is -2.29. The summed E-state index contributed by atoms with van der Waals surface area (Å²) in [5.41, 5.74) is 1.46. The van der Waals surface area contributed by atoms with Crippen molar-refractivity contribution in [3.63, 3.8) is 0 Å². The second-order valence-electron chi connectivity index (χ2n) is 8.62. The zero-order chi connectivity index (χ0) is 24.0. The van der Waals surface area contributed by atoms with Gasteiger partial charge in [-0.2, -0.15) is 4.98 Å². The van der Waals surface area contributed by atoms with Gasteiger partial charge in [-0.25, -0.2) is 4.98 Å². The van der Waals surface area contributed by atoms with Crippen molar-refractivity contribution >= 4 is 22.7 Å². The average Bonchev–Trinajstić information content (AvgIpc) is 2.83. The number of benzene rings is 2. The van der Waals surface area contributed by atoms with Crippen molar-refractivity contribution in [1.29, 1.82) is 0 Å². The molecular formula is C25H30F3N5O. The number of ether oxygens (including phenoxy) is 1. The predicted octanol–water partition coefficient (Wildman–Crippen LogP) is 5.37. The molecule has 1 fully saturated rings. The molecule has 1 aromatic heterocycles. The molecular weight excluding hydrogens is 443 g/mol. The fraction of sp³-hybridized carbons (Fsp3) is 0.440. The molecule has 34 heavy (non-hydrogen) atoms. The first-order valence-corrected chi connectivity index (χ1v) is 11.7. The van der Waals surface area contributed by atoms with E-state index in [1.54, 1.807) is 18.2 Å². The van der Waals surface area contributed by atoms with E-state index in [0.29, 0.717) is 36.4 Å². The quantitative estimate of drug-likeness (QED) is 0.388. The number of rotatable bonds is 9. The van der Waals surface area contributed by atoms with E-state index in [1.165, 1.54) is 6.07 Å². The highest BCUT2D eigenvalue weighted by atomic mass is 19.4. The van der Waals surface area contributed by atoms with E-state index < -0.39 is 6.36 Å². The van der Waals surface area contributed by atoms with Gasteiger partial charge in [-0.1, -0.05) is 30.3 Å². The van der Waals surface area contributed by atoms with E-state index >= 15 is 0 Å². The number of hydrogen-bond acceptors (Lipinski definition) is 6. The highest BCUT2D eigenvalue weighted by Crippen LogP contribution is 2.28. The minimum atomic E-state index is -4.68. The van der Waals surface area contributed by atoms with Crippen LogP contribution in [0, 0.1) is 5.92 Å². The van der Waals surface area contributed by atoms with Gasteiger partial charge >= 0.3 is 6.36 Å². The number of nitrogens with zero attached hydrogens (tertiary/aromatic N) is 2. The topological polar surface area (TPSA) is 71.1 Å². The normalized spacial score (nSPS) is 18.6. The maximum atomic E-state index is 12.6. The lowest BCUT2D eigenvalue weighted by molar-refractivity contribution is -0.274. The van der Waals surface area contributed by atoms with Gasteiger partial charge in [0.2, 0.25) is 5.95 Å². The van der Waals surface area contributed by atoms with E-state index in [0.717, 1.165) is 48.9 Å². The van der Waals surface area contributed by atoms with Crippen LogP contribution in [-0.2, 0) is 6.42 Å². The number of alkyl halides is 3. The average molecular weight is 474 g/mol. The van der Waals surface area contributed by atoms with E-state index in [1.807, 2.05) is 31.3 Å². The first kappa shape index (κ1) is 24.1. The van der Waals surface area contributed by atoms with Gasteiger partial charge in [0.1, 0.15) is 11.6 Å². The summed E-state index contributed by atoms with van der Waals surface area (Å²) in [5, 5.41) is 11.0. The van der Waals surface area contributed by atoms with Gasteiger partial charge in [0.25, 0.3) is 0 Å². The molecule has 0 atom stereocenters. The Morgan fingerprint density at radius 1 is 0.971 bits per heavy atom. The van der Waals surface area contributed by atoms with Gasteiger partial charge in [0.05, 0.1) is 5.52 Å². The summed E-state index contributed by atoms with van der Waals surface area (Å²) in [6.07, 6.45) is 0.0277. The van der Waals surface area contributed by atoms with Gasteiger partial charge < -0.3 is 20.7 Å². The van der Waals surface area contributed by atoms with Gasteiger partial charge in [-0.3, -0.25) is 0 Å². The number of nitrogens with one attached hydrogen (secondary N) is 3. The van der Waals surface area contributed by atoms with E-state index in [-0.39, 0.29) is 5.75 Å². The molecule has 0 saturated heterocycles. The third kappa shape index (κ3) is 6.50. The van der Waals surface area contributed by atoms with Gasteiger partial charge in [0.15, 0.2) is 0 Å². The highest BCUT2D eigenvalue weighted by Gasteiger charge is 2.32. The van der Waals surface area contributed by atoms with Crippen LogP contribution in [0.3, 0.4) is 0 Å². The molecule has 2 aromatic carbocycles. The van der Waals surface area contributed by atoms with Crippen LogP contribution in [-0.4, -0.2) is 42.5 Å². The first-order valence-electron chi connectivity index (χ1n) is 11.7. The largest absolute Gasteiger partial charge is 0.573 e. The maximum Gasteiger partial charge on any atom is 0.573 e. The molecule has 1 saturated carbocycles. The summed E-state index contributed by atoms with van der Waals surface area (Å²) < 4.78 is 41.9. The van der Waals surface area contributed by atoms with Crippen molar-refractivity contribution in [1.82, 2.24) is 15.3 Å². The molecule has 1 aliphatic carbocycles. The zero-order valence-electron chi connectivity index (χ0n) is 19.2. The molecule has 182 valence electrons. The molecule has 0 aliphatic heterocycles. The molecule has 3 aromatic rings. The number of halogens is 3. The summed E-state index contributed by atoms with van der Waals surface area (Å²) in [5.74, 6) is 1.85. The Labute approximate surface area is 197 Å². The Morgan fingerprint density at radius 3 is 2.47 bits per heavy atom. The van der Waals surface area contributed by atoms with Crippen LogP contribution in [0.5, 0.6) is 5.75 Å². The van der Waals surface area contributed by atoms with Crippen molar-refractivity contribution in [2.45, 2.75) is 44.5 Å². The van der Waals surface area contributed by atoms with Crippen molar-refractivity contribution < 1.29 is 17.9 Å². The van der Waals surface area contributed by atoms with Crippen molar-refractivity contribution in [2.24, 2.45) is 5.92 Å². The molecule has 0 amide bonds. The number of hydrogen-bond donors (Lipinski definition) is 3. The van der Waals surface area contributed by atoms with Crippen LogP contribution in [0.4, 0.5) is 24.9 Å². The van der Waals surface area contributed by atoms with Crippen LogP contribution in [0.1, 0.15) is 31.2 Å². The van der Waals surface area contributed by atoms with Gasteiger partial charge in [-0.15, -0.1) is 13.2 Å². The minimum Gasteiger partial charge on any atom is -0.406 e. The second-order valence-corrected chi connectivity index (χ2v) is 8.62. The Hall–Kier alpha value is -3.07. The molecule has 4 rings (SSSR count). The van der Waals surface area contributed by atoms with Crippen LogP contribution < -0.4 is 20.7 Å². The summed E-state index contributed by atoms with van der Waals surface area (Å²) in [7, 11) is 1.86. The SMILES string of the molecule is CNc1nc(NCC2CCC(NCCc3ccccc3OC(F)(F)F)CC2)nc2ccccc12. The second kappa shape index (κ2) is 10.9. The Bertz CT molecular complexity index is 1080. The molecule has 0 bridgehead atoms. The molecule has 0 radical (unpaired) electrons. The smallest absolute Gasteiger partial charge is 0.406 e. The van der Waals surface area contributed by atoms with Crippen molar-refractivity contribution in [2.75, 3.05) is 30.8 Å². The standard InChI is InChI=1S/C25H30F3N5O/c1-29-23-20-7-3-4-8-21(20)32-24(33-23)31-16-17-10-12-19(13-11-17)30-15-14-18-6-2-5-9-22(18)34-25(26,27)28/h2-9,17,19,30H,10-16H2,1H3,(H2,29,31,32,33). The van der Waals surface area contributed by atoms with Crippen molar-refractivity contribution in [3.8, 4) is 5.75 Å². The Morgan fingerprint density at radius 2 is 1.71 bits per heavy atom. The minimum absolute atomic E-state index is 0.121. The maximum absolute atomic E-state index is 12.6. The molecule has 6 nitrogen and oxygen atoms in total. The molecule has 3 N–H and O–H groups in total. The highest BCUT2D eigenvalue weighted by molar-refractivity contribution is 5.89. The monoisotopic (exact) mass is 473 g/mol. The molecule has 0 unspecified atom stereocenters. The van der Waals surface area contributed by atoms with E-state index in [4.69, 9.17) is 0 Å². The Kier molecular flexibility index (Phi) is 7.72. The fourth-order valence-electron chi connectivity index (χ4n) is 4.50. The van der Waals surface area contributed by atoms with Crippen LogP contribution in [0.25, 0.3) is 10.9 Å². The van der Waals surface area contributed by atoms with Gasteiger partial charge in [-0.05, 0) is 68.3 Å². The van der Waals surface area contributed by atoms with Crippen LogP contribution in [0.2, 0.25) is 0 Å².